The van der Waals surface area contributed by atoms with E-state index in [9.17, 15) is 9.59 Å². The van der Waals surface area contributed by atoms with Crippen LogP contribution >= 0.6 is 0 Å². The first-order valence-electron chi connectivity index (χ1n) is 11.8. The van der Waals surface area contributed by atoms with Crippen LogP contribution in [-0.4, -0.2) is 79.7 Å². The molecule has 0 bridgehead atoms. The highest BCUT2D eigenvalue weighted by atomic mass is 16.5. The maximum Gasteiger partial charge on any atom is 0.257 e. The summed E-state index contributed by atoms with van der Waals surface area (Å²) >= 11 is 0. The van der Waals surface area contributed by atoms with Gasteiger partial charge in [0.25, 0.3) is 5.91 Å². The molecule has 2 heterocycles. The van der Waals surface area contributed by atoms with Gasteiger partial charge in [-0.25, -0.2) is 0 Å². The molecule has 1 unspecified atom stereocenters. The maximum atomic E-state index is 12.6. The molecule has 4 rings (SSSR count). The van der Waals surface area contributed by atoms with Gasteiger partial charge in [-0.05, 0) is 50.7 Å². The number of nitrogens with zero attached hydrogens (tertiary/aromatic N) is 2. The molecule has 2 saturated heterocycles. The lowest BCUT2D eigenvalue weighted by Gasteiger charge is -2.44. The third-order valence-corrected chi connectivity index (χ3v) is 6.57. The molecule has 31 heavy (non-hydrogen) atoms. The number of hydrogen-bond donors (Lipinski definition) is 1. The summed E-state index contributed by atoms with van der Waals surface area (Å²) in [6, 6.07) is 10.2. The van der Waals surface area contributed by atoms with Gasteiger partial charge in [-0.3, -0.25) is 14.5 Å². The molecule has 1 aromatic carbocycles. The Balaban J connectivity index is 1.28. The lowest BCUT2D eigenvalue weighted by atomic mass is 9.98. The fraction of sp³-hybridized carbons (Fsp3) is 0.667. The fourth-order valence-corrected chi connectivity index (χ4v) is 4.74. The summed E-state index contributed by atoms with van der Waals surface area (Å²) in [5.74, 6) is 1.22. The Kier molecular flexibility index (Phi) is 7.81. The standard InChI is InChI=1S/C24H35N3O4/c28-23(18-31-22-6-2-1-3-7-22)25-12-14-27(20-10-15-30-16-11-20)21-5-4-13-26(17-21)24(29)19-8-9-19/h1-3,6-7,19-21H,4-5,8-18H2,(H,25,28). The smallest absolute Gasteiger partial charge is 0.257 e. The lowest BCUT2D eigenvalue weighted by Crippen LogP contribution is -2.55. The van der Waals surface area contributed by atoms with Gasteiger partial charge in [-0.15, -0.1) is 0 Å². The zero-order valence-electron chi connectivity index (χ0n) is 18.3. The Morgan fingerprint density at radius 3 is 2.58 bits per heavy atom. The van der Waals surface area contributed by atoms with Gasteiger partial charge in [-0.2, -0.15) is 0 Å². The monoisotopic (exact) mass is 429 g/mol. The molecule has 3 fully saturated rings. The van der Waals surface area contributed by atoms with E-state index in [0.717, 1.165) is 71.4 Å². The Hall–Kier alpha value is -2.12. The topological polar surface area (TPSA) is 71.1 Å². The van der Waals surface area contributed by atoms with Gasteiger partial charge in [0, 0.05) is 57.4 Å². The quantitative estimate of drug-likeness (QED) is 0.651. The van der Waals surface area contributed by atoms with Gasteiger partial charge in [0.05, 0.1) is 0 Å². The molecule has 2 amide bonds. The van der Waals surface area contributed by atoms with Gasteiger partial charge < -0.3 is 19.7 Å². The number of ether oxygens (including phenoxy) is 2. The second kappa shape index (κ2) is 11.0. The van der Waals surface area contributed by atoms with Gasteiger partial charge in [0.2, 0.25) is 5.91 Å². The Bertz CT molecular complexity index is 719. The van der Waals surface area contributed by atoms with Gasteiger partial charge >= 0.3 is 0 Å². The molecule has 7 nitrogen and oxygen atoms in total. The van der Waals surface area contributed by atoms with Crippen molar-refractivity contribution in [3.8, 4) is 5.75 Å². The number of carbonyl (C=O) groups is 2. The SMILES string of the molecule is O=C(COc1ccccc1)NCCN(C1CCOCC1)C1CCCN(C(=O)C2CC2)C1. The van der Waals surface area contributed by atoms with Crippen molar-refractivity contribution in [1.82, 2.24) is 15.1 Å². The summed E-state index contributed by atoms with van der Waals surface area (Å²) in [5.41, 5.74) is 0. The molecular formula is C24H35N3O4. The van der Waals surface area contributed by atoms with Crippen LogP contribution in [0.3, 0.4) is 0 Å². The number of likely N-dealkylation sites (tertiary alicyclic amines) is 1. The lowest BCUT2D eigenvalue weighted by molar-refractivity contribution is -0.135. The van der Waals surface area contributed by atoms with E-state index in [0.29, 0.717) is 30.3 Å². The van der Waals surface area contributed by atoms with Crippen LogP contribution in [0.25, 0.3) is 0 Å². The van der Waals surface area contributed by atoms with Crippen molar-refractivity contribution in [1.29, 1.82) is 0 Å². The summed E-state index contributed by atoms with van der Waals surface area (Å²) < 4.78 is 11.1. The van der Waals surface area contributed by atoms with Crippen LogP contribution in [0.1, 0.15) is 38.5 Å². The number of rotatable bonds is 9. The molecule has 170 valence electrons. The van der Waals surface area contributed by atoms with Gasteiger partial charge in [0.1, 0.15) is 5.75 Å². The van der Waals surface area contributed by atoms with Crippen molar-refractivity contribution < 1.29 is 19.1 Å². The molecule has 1 saturated carbocycles. The highest BCUT2D eigenvalue weighted by Crippen LogP contribution is 2.32. The number of hydrogen-bond acceptors (Lipinski definition) is 5. The van der Waals surface area contributed by atoms with Crippen molar-refractivity contribution in [3.63, 3.8) is 0 Å². The van der Waals surface area contributed by atoms with Crippen LogP contribution in [0.15, 0.2) is 30.3 Å². The van der Waals surface area contributed by atoms with E-state index in [1.54, 1.807) is 0 Å². The second-order valence-electron chi connectivity index (χ2n) is 8.89. The first-order chi connectivity index (χ1) is 15.2. The average molecular weight is 430 g/mol. The molecule has 0 aromatic heterocycles. The number of piperidine rings is 1. The van der Waals surface area contributed by atoms with Gasteiger partial charge in [0.15, 0.2) is 6.61 Å². The summed E-state index contributed by atoms with van der Waals surface area (Å²) in [6.07, 6.45) is 6.30. The van der Waals surface area contributed by atoms with Crippen LogP contribution in [0, 0.1) is 5.92 Å². The average Bonchev–Trinajstić information content (AvgIpc) is 3.67. The van der Waals surface area contributed by atoms with Crippen LogP contribution in [0.4, 0.5) is 0 Å². The number of benzene rings is 1. The van der Waals surface area contributed by atoms with E-state index >= 15 is 0 Å². The first-order valence-corrected chi connectivity index (χ1v) is 11.8. The van der Waals surface area contributed by atoms with Crippen molar-refractivity contribution in [2.75, 3.05) is 46.0 Å². The summed E-state index contributed by atoms with van der Waals surface area (Å²) in [6.45, 7) is 4.68. The molecule has 1 aliphatic carbocycles. The van der Waals surface area contributed by atoms with E-state index in [-0.39, 0.29) is 18.4 Å². The van der Waals surface area contributed by atoms with E-state index in [1.165, 1.54) is 0 Å². The molecule has 2 aliphatic heterocycles. The fourth-order valence-electron chi connectivity index (χ4n) is 4.74. The molecule has 0 radical (unpaired) electrons. The van der Waals surface area contributed by atoms with Crippen LogP contribution in [0.5, 0.6) is 5.75 Å². The minimum atomic E-state index is -0.107. The van der Waals surface area contributed by atoms with E-state index in [2.05, 4.69) is 15.1 Å². The normalized spacial score (nSPS) is 22.4. The number of para-hydroxylation sites is 1. The largest absolute Gasteiger partial charge is 0.484 e. The van der Waals surface area contributed by atoms with Crippen LogP contribution in [-0.2, 0) is 14.3 Å². The van der Waals surface area contributed by atoms with E-state index in [1.807, 2.05) is 30.3 Å². The molecule has 1 atom stereocenters. The third kappa shape index (κ3) is 6.43. The number of nitrogens with one attached hydrogen (secondary N) is 1. The molecular weight excluding hydrogens is 394 g/mol. The number of carbonyl (C=O) groups excluding carboxylic acids is 2. The number of amides is 2. The zero-order valence-corrected chi connectivity index (χ0v) is 18.3. The highest BCUT2D eigenvalue weighted by molar-refractivity contribution is 5.81. The predicted octanol–water partition coefficient (Wildman–Crippen LogP) is 2.06. The Morgan fingerprint density at radius 2 is 1.84 bits per heavy atom. The van der Waals surface area contributed by atoms with Crippen molar-refractivity contribution in [3.05, 3.63) is 30.3 Å². The van der Waals surface area contributed by atoms with E-state index < -0.39 is 0 Å². The van der Waals surface area contributed by atoms with Crippen molar-refractivity contribution in [2.45, 2.75) is 50.6 Å². The molecule has 7 heteroatoms. The Morgan fingerprint density at radius 1 is 1.06 bits per heavy atom. The summed E-state index contributed by atoms with van der Waals surface area (Å²) in [7, 11) is 0. The van der Waals surface area contributed by atoms with Crippen molar-refractivity contribution in [2.24, 2.45) is 5.92 Å². The predicted molar refractivity (Wildman–Crippen MR) is 118 cm³/mol. The van der Waals surface area contributed by atoms with Gasteiger partial charge in [-0.1, -0.05) is 18.2 Å². The molecule has 1 aromatic rings. The second-order valence-corrected chi connectivity index (χ2v) is 8.89. The Labute approximate surface area is 185 Å². The maximum absolute atomic E-state index is 12.6. The summed E-state index contributed by atoms with van der Waals surface area (Å²) in [5, 5.41) is 3.01. The van der Waals surface area contributed by atoms with Crippen LogP contribution < -0.4 is 10.1 Å². The molecule has 3 aliphatic rings. The van der Waals surface area contributed by atoms with Crippen LogP contribution in [0.2, 0.25) is 0 Å². The zero-order chi connectivity index (χ0) is 21.5. The third-order valence-electron chi connectivity index (χ3n) is 6.57. The molecule has 1 N–H and O–H groups in total. The first kappa shape index (κ1) is 22.1. The van der Waals surface area contributed by atoms with E-state index in [4.69, 9.17) is 9.47 Å². The highest BCUT2D eigenvalue weighted by Gasteiger charge is 2.37. The minimum absolute atomic E-state index is 0.0222. The molecule has 0 spiro atoms. The summed E-state index contributed by atoms with van der Waals surface area (Å²) in [4.78, 5) is 29.5. The minimum Gasteiger partial charge on any atom is -0.484 e. The van der Waals surface area contributed by atoms with Crippen molar-refractivity contribution >= 4 is 11.8 Å².